The first kappa shape index (κ1) is 12.7. The summed E-state index contributed by atoms with van der Waals surface area (Å²) in [7, 11) is 0. The average Bonchev–Trinajstić information content (AvgIpc) is 2.67. The van der Waals surface area contributed by atoms with Gasteiger partial charge in [-0.1, -0.05) is 0 Å². The fraction of sp³-hybridized carbons (Fsp3) is 0.917. The molecule has 1 saturated heterocycles. The van der Waals surface area contributed by atoms with Gasteiger partial charge in [-0.05, 0) is 39.0 Å². The lowest BCUT2D eigenvalue weighted by Crippen LogP contribution is -2.16. The van der Waals surface area contributed by atoms with Gasteiger partial charge in [0, 0.05) is 25.5 Å². The summed E-state index contributed by atoms with van der Waals surface area (Å²) in [5.74, 6) is 0.352. The highest BCUT2D eigenvalue weighted by atomic mass is 16.5. The van der Waals surface area contributed by atoms with Gasteiger partial charge in [-0.15, -0.1) is 0 Å². The van der Waals surface area contributed by atoms with Gasteiger partial charge in [-0.25, -0.2) is 0 Å². The number of rotatable bonds is 7. The zero-order valence-corrected chi connectivity index (χ0v) is 9.71. The standard InChI is InChI=1S/C12H23NO2/c1-10(13)7-8-11(14)4-2-5-12-6-3-9-15-12/h10,12H,2-9,13H2,1H3. The first-order valence-electron chi connectivity index (χ1n) is 6.07. The quantitative estimate of drug-likeness (QED) is 0.704. The third-order valence-electron chi connectivity index (χ3n) is 2.88. The Labute approximate surface area is 92.4 Å². The van der Waals surface area contributed by atoms with E-state index in [9.17, 15) is 4.79 Å². The SMILES string of the molecule is CC(N)CCC(=O)CCCC1CCCO1. The van der Waals surface area contributed by atoms with Gasteiger partial charge in [-0.2, -0.15) is 0 Å². The number of ether oxygens (including phenoxy) is 1. The van der Waals surface area contributed by atoms with Crippen molar-refractivity contribution < 1.29 is 9.53 Å². The lowest BCUT2D eigenvalue weighted by molar-refractivity contribution is -0.119. The lowest BCUT2D eigenvalue weighted by Gasteiger charge is -2.08. The van der Waals surface area contributed by atoms with Crippen molar-refractivity contribution in [2.24, 2.45) is 5.73 Å². The molecule has 2 unspecified atom stereocenters. The maximum atomic E-state index is 11.4. The van der Waals surface area contributed by atoms with Crippen LogP contribution in [0.15, 0.2) is 0 Å². The molecule has 1 heterocycles. The summed E-state index contributed by atoms with van der Waals surface area (Å²) in [5, 5.41) is 0. The molecule has 15 heavy (non-hydrogen) atoms. The van der Waals surface area contributed by atoms with Crippen LogP contribution in [0.5, 0.6) is 0 Å². The monoisotopic (exact) mass is 213 g/mol. The second kappa shape index (κ2) is 6.96. The summed E-state index contributed by atoms with van der Waals surface area (Å²) in [6, 6.07) is 0.145. The molecule has 2 N–H and O–H groups in total. The third kappa shape index (κ3) is 5.90. The Morgan fingerprint density at radius 2 is 2.33 bits per heavy atom. The fourth-order valence-electron chi connectivity index (χ4n) is 1.91. The zero-order valence-electron chi connectivity index (χ0n) is 9.71. The zero-order chi connectivity index (χ0) is 11.1. The van der Waals surface area contributed by atoms with Crippen LogP contribution in [0.1, 0.15) is 51.9 Å². The molecule has 1 rings (SSSR count). The predicted molar refractivity (Wildman–Crippen MR) is 60.7 cm³/mol. The van der Waals surface area contributed by atoms with Gasteiger partial charge in [0.25, 0.3) is 0 Å². The molecule has 0 aromatic rings. The van der Waals surface area contributed by atoms with Gasteiger partial charge in [0.2, 0.25) is 0 Å². The Bertz CT molecular complexity index is 186. The molecular weight excluding hydrogens is 190 g/mol. The molecule has 0 bridgehead atoms. The molecule has 2 atom stereocenters. The summed E-state index contributed by atoms with van der Waals surface area (Å²) in [4.78, 5) is 11.4. The predicted octanol–water partition coefficient (Wildman–Crippen LogP) is 2.03. The van der Waals surface area contributed by atoms with Gasteiger partial charge in [0.05, 0.1) is 6.10 Å². The lowest BCUT2D eigenvalue weighted by atomic mass is 10.0. The summed E-state index contributed by atoms with van der Waals surface area (Å²) in [6.07, 6.45) is 6.96. The Kier molecular flexibility index (Phi) is 5.88. The van der Waals surface area contributed by atoms with E-state index in [4.69, 9.17) is 10.5 Å². The summed E-state index contributed by atoms with van der Waals surface area (Å²) in [5.41, 5.74) is 5.60. The van der Waals surface area contributed by atoms with E-state index < -0.39 is 0 Å². The topological polar surface area (TPSA) is 52.3 Å². The van der Waals surface area contributed by atoms with E-state index in [0.29, 0.717) is 24.7 Å². The van der Waals surface area contributed by atoms with Crippen molar-refractivity contribution in [2.75, 3.05) is 6.61 Å². The smallest absolute Gasteiger partial charge is 0.132 e. The van der Waals surface area contributed by atoms with Crippen molar-refractivity contribution in [3.8, 4) is 0 Å². The molecule has 1 aliphatic heterocycles. The van der Waals surface area contributed by atoms with Crippen LogP contribution in [-0.4, -0.2) is 24.5 Å². The van der Waals surface area contributed by atoms with Crippen molar-refractivity contribution in [3.63, 3.8) is 0 Å². The summed E-state index contributed by atoms with van der Waals surface area (Å²) >= 11 is 0. The molecule has 0 amide bonds. The van der Waals surface area contributed by atoms with Crippen LogP contribution in [-0.2, 0) is 9.53 Å². The number of nitrogens with two attached hydrogens (primary N) is 1. The van der Waals surface area contributed by atoms with Crippen molar-refractivity contribution in [3.05, 3.63) is 0 Å². The first-order chi connectivity index (χ1) is 7.18. The first-order valence-corrected chi connectivity index (χ1v) is 6.07. The van der Waals surface area contributed by atoms with Crippen LogP contribution in [0.2, 0.25) is 0 Å². The molecule has 88 valence electrons. The summed E-state index contributed by atoms with van der Waals surface area (Å²) < 4.78 is 5.50. The average molecular weight is 213 g/mol. The summed E-state index contributed by atoms with van der Waals surface area (Å²) in [6.45, 7) is 2.85. The molecule has 0 radical (unpaired) electrons. The van der Waals surface area contributed by atoms with Gasteiger partial charge < -0.3 is 10.5 Å². The molecule has 0 aromatic heterocycles. The van der Waals surface area contributed by atoms with Crippen LogP contribution < -0.4 is 5.73 Å². The largest absolute Gasteiger partial charge is 0.378 e. The van der Waals surface area contributed by atoms with Gasteiger partial charge in [0.15, 0.2) is 0 Å². The minimum absolute atomic E-state index is 0.145. The number of carbonyl (C=O) groups excluding carboxylic acids is 1. The van der Waals surface area contributed by atoms with Crippen LogP contribution in [0.3, 0.4) is 0 Å². The Hall–Kier alpha value is -0.410. The molecule has 1 aliphatic rings. The van der Waals surface area contributed by atoms with Crippen molar-refractivity contribution in [1.29, 1.82) is 0 Å². The van der Waals surface area contributed by atoms with Crippen molar-refractivity contribution >= 4 is 5.78 Å². The number of carbonyl (C=O) groups is 1. The molecule has 0 spiro atoms. The van der Waals surface area contributed by atoms with E-state index in [1.807, 2.05) is 6.92 Å². The molecular formula is C12H23NO2. The highest BCUT2D eigenvalue weighted by molar-refractivity contribution is 5.78. The van der Waals surface area contributed by atoms with Crippen LogP contribution in [0.4, 0.5) is 0 Å². The van der Waals surface area contributed by atoms with E-state index in [0.717, 1.165) is 25.9 Å². The van der Waals surface area contributed by atoms with E-state index >= 15 is 0 Å². The van der Waals surface area contributed by atoms with Crippen molar-refractivity contribution in [1.82, 2.24) is 0 Å². The minimum Gasteiger partial charge on any atom is -0.378 e. The molecule has 1 fully saturated rings. The number of Topliss-reactive ketones (excluding diaryl/α,β-unsaturated/α-hetero) is 1. The van der Waals surface area contributed by atoms with E-state index in [2.05, 4.69) is 0 Å². The highest BCUT2D eigenvalue weighted by Gasteiger charge is 2.15. The number of hydrogen-bond acceptors (Lipinski definition) is 3. The molecule has 0 aromatic carbocycles. The van der Waals surface area contributed by atoms with E-state index in [1.165, 1.54) is 12.8 Å². The number of ketones is 1. The Morgan fingerprint density at radius 1 is 1.53 bits per heavy atom. The fourth-order valence-corrected chi connectivity index (χ4v) is 1.91. The molecule has 0 saturated carbocycles. The normalized spacial score (nSPS) is 22.9. The third-order valence-corrected chi connectivity index (χ3v) is 2.88. The minimum atomic E-state index is 0.145. The van der Waals surface area contributed by atoms with E-state index in [1.54, 1.807) is 0 Å². The Balaban J connectivity index is 1.96. The van der Waals surface area contributed by atoms with Crippen LogP contribution >= 0.6 is 0 Å². The van der Waals surface area contributed by atoms with Crippen LogP contribution in [0, 0.1) is 0 Å². The maximum Gasteiger partial charge on any atom is 0.132 e. The van der Waals surface area contributed by atoms with Crippen LogP contribution in [0.25, 0.3) is 0 Å². The van der Waals surface area contributed by atoms with Crippen molar-refractivity contribution in [2.45, 2.75) is 64.0 Å². The van der Waals surface area contributed by atoms with Gasteiger partial charge in [-0.3, -0.25) is 4.79 Å². The Morgan fingerprint density at radius 3 is 2.93 bits per heavy atom. The highest BCUT2D eigenvalue weighted by Crippen LogP contribution is 2.18. The maximum absolute atomic E-state index is 11.4. The molecule has 3 nitrogen and oxygen atoms in total. The van der Waals surface area contributed by atoms with Gasteiger partial charge in [0.1, 0.15) is 5.78 Å². The second-order valence-corrected chi connectivity index (χ2v) is 4.58. The number of hydrogen-bond donors (Lipinski definition) is 1. The molecule has 3 heteroatoms. The molecule has 0 aliphatic carbocycles. The van der Waals surface area contributed by atoms with Gasteiger partial charge >= 0.3 is 0 Å². The van der Waals surface area contributed by atoms with E-state index in [-0.39, 0.29) is 6.04 Å². The second-order valence-electron chi connectivity index (χ2n) is 4.58.